The molecule has 0 aliphatic carbocycles. The molecule has 0 N–H and O–H groups in total. The van der Waals surface area contributed by atoms with E-state index in [9.17, 15) is 0 Å². The van der Waals surface area contributed by atoms with Gasteiger partial charge in [0.2, 0.25) is 0 Å². The standard InChI is InChI=1S/2CH5O2P.Ca/c2*1-4(2)3;/h2*4H,1H3,(H,2,3);/q;;+2/p-2. The molecule has 0 bridgehead atoms. The zero-order valence-electron chi connectivity index (χ0n) is 5.34. The largest absolute Gasteiger partial charge is 2.00 e. The summed E-state index contributed by atoms with van der Waals surface area (Å²) >= 11 is 0. The normalized spacial score (nSPS) is 13.8. The van der Waals surface area contributed by atoms with Gasteiger partial charge in [0.15, 0.2) is 0 Å². The van der Waals surface area contributed by atoms with Gasteiger partial charge in [-0.1, -0.05) is 0 Å². The molecule has 0 aliphatic rings. The number of hydrogen-bond donors (Lipinski definition) is 0. The molecule has 0 aromatic rings. The van der Waals surface area contributed by atoms with Gasteiger partial charge in [-0.15, -0.1) is 0 Å². The molecule has 0 spiro atoms. The Balaban J connectivity index is -0.0000000720. The van der Waals surface area contributed by atoms with E-state index in [0.717, 1.165) is 13.3 Å². The quantitative estimate of drug-likeness (QED) is 0.351. The summed E-state index contributed by atoms with van der Waals surface area (Å²) in [6, 6.07) is 0. The van der Waals surface area contributed by atoms with Gasteiger partial charge in [-0.3, -0.25) is 0 Å². The Morgan fingerprint density at radius 1 is 1.00 bits per heavy atom. The van der Waals surface area contributed by atoms with Crippen LogP contribution in [0.2, 0.25) is 0 Å². The maximum absolute atomic E-state index is 9.07. The van der Waals surface area contributed by atoms with E-state index in [1.807, 2.05) is 0 Å². The Bertz CT molecular complexity index is 74.6. The van der Waals surface area contributed by atoms with E-state index < -0.39 is 16.1 Å². The first-order valence-electron chi connectivity index (χ1n) is 1.82. The maximum Gasteiger partial charge on any atom is 2.00 e. The Hall–Kier alpha value is 1.64. The molecular formula is C2H8CaO4P2. The Kier molecular flexibility index (Phi) is 23.2. The van der Waals surface area contributed by atoms with Gasteiger partial charge >= 0.3 is 37.7 Å². The van der Waals surface area contributed by atoms with E-state index in [1.54, 1.807) is 0 Å². The van der Waals surface area contributed by atoms with Gasteiger partial charge in [-0.2, -0.15) is 0 Å². The van der Waals surface area contributed by atoms with E-state index >= 15 is 0 Å². The van der Waals surface area contributed by atoms with Crippen LogP contribution in [0.15, 0.2) is 0 Å². The minimum absolute atomic E-state index is 0. The van der Waals surface area contributed by atoms with Gasteiger partial charge in [0.1, 0.15) is 0 Å². The summed E-state index contributed by atoms with van der Waals surface area (Å²) in [5.74, 6) is 0. The molecule has 52 valence electrons. The average Bonchev–Trinajstić information content (AvgIpc) is 1.25. The first kappa shape index (κ1) is 16.9. The second-order valence-electron chi connectivity index (χ2n) is 0.983. The van der Waals surface area contributed by atoms with Crippen molar-refractivity contribution in [2.45, 2.75) is 0 Å². The van der Waals surface area contributed by atoms with E-state index in [1.165, 1.54) is 0 Å². The Morgan fingerprint density at radius 3 is 1.00 bits per heavy atom. The fourth-order valence-electron chi connectivity index (χ4n) is 0. The van der Waals surface area contributed by atoms with E-state index in [0.29, 0.717) is 0 Å². The molecule has 4 nitrogen and oxygen atoms in total. The maximum atomic E-state index is 9.07. The van der Waals surface area contributed by atoms with Crippen LogP contribution in [-0.4, -0.2) is 51.1 Å². The number of rotatable bonds is 0. The van der Waals surface area contributed by atoms with E-state index in [-0.39, 0.29) is 37.7 Å². The van der Waals surface area contributed by atoms with Gasteiger partial charge < -0.3 is 18.9 Å². The van der Waals surface area contributed by atoms with Crippen molar-refractivity contribution in [3.63, 3.8) is 0 Å². The second-order valence-corrected chi connectivity index (χ2v) is 2.95. The summed E-state index contributed by atoms with van der Waals surface area (Å²) in [5.41, 5.74) is 0. The van der Waals surface area contributed by atoms with E-state index in [2.05, 4.69) is 0 Å². The van der Waals surface area contributed by atoms with Gasteiger partial charge in [-0.25, -0.2) is 0 Å². The van der Waals surface area contributed by atoms with Crippen molar-refractivity contribution in [2.75, 3.05) is 13.3 Å². The molecule has 0 fully saturated rings. The molecule has 7 heteroatoms. The first-order valence-corrected chi connectivity index (χ1v) is 5.45. The Morgan fingerprint density at radius 2 is 1.00 bits per heavy atom. The predicted octanol–water partition coefficient (Wildman–Crippen LogP) is -1.48. The van der Waals surface area contributed by atoms with Gasteiger partial charge in [0.05, 0.1) is 0 Å². The van der Waals surface area contributed by atoms with Gasteiger partial charge in [0, 0.05) is 0 Å². The molecule has 0 aromatic carbocycles. The van der Waals surface area contributed by atoms with Crippen LogP contribution in [0.1, 0.15) is 0 Å². The first-order chi connectivity index (χ1) is 3.46. The minimum Gasteiger partial charge on any atom is -0.802 e. The zero-order valence-corrected chi connectivity index (χ0v) is 9.55. The topological polar surface area (TPSA) is 80.3 Å². The van der Waals surface area contributed by atoms with Crippen LogP contribution in [0.3, 0.4) is 0 Å². The van der Waals surface area contributed by atoms with Crippen molar-refractivity contribution < 1.29 is 18.9 Å². The van der Waals surface area contributed by atoms with Crippen LogP contribution in [0.25, 0.3) is 0 Å². The van der Waals surface area contributed by atoms with Gasteiger partial charge in [-0.05, 0) is 29.4 Å². The van der Waals surface area contributed by atoms with Crippen molar-refractivity contribution in [2.24, 2.45) is 0 Å². The fourth-order valence-corrected chi connectivity index (χ4v) is 0. The van der Waals surface area contributed by atoms with Crippen LogP contribution in [0, 0.1) is 0 Å². The third-order valence-corrected chi connectivity index (χ3v) is 0. The smallest absolute Gasteiger partial charge is 0.802 e. The molecule has 2 unspecified atom stereocenters. The zero-order chi connectivity index (χ0) is 7.15. The number of hydrogen-bond acceptors (Lipinski definition) is 4. The fraction of sp³-hybridized carbons (Fsp3) is 1.00. The summed E-state index contributed by atoms with van der Waals surface area (Å²) in [6.07, 6.45) is 0. The molecule has 2 atom stereocenters. The van der Waals surface area contributed by atoms with Crippen molar-refractivity contribution >= 4 is 53.8 Å². The molecule has 0 rings (SSSR count). The summed E-state index contributed by atoms with van der Waals surface area (Å²) < 4.78 is 18.1. The summed E-state index contributed by atoms with van der Waals surface area (Å²) in [6.45, 7) is 2.31. The third-order valence-electron chi connectivity index (χ3n) is 0. The molecule has 0 amide bonds. The summed E-state index contributed by atoms with van der Waals surface area (Å²) in [5, 5.41) is 0. The molecule has 0 aliphatic heterocycles. The van der Waals surface area contributed by atoms with Crippen molar-refractivity contribution in [1.82, 2.24) is 0 Å². The van der Waals surface area contributed by atoms with Gasteiger partial charge in [0.25, 0.3) is 0 Å². The Labute approximate surface area is 85.4 Å². The molecule has 0 saturated carbocycles. The van der Waals surface area contributed by atoms with Crippen LogP contribution in [0.5, 0.6) is 0 Å². The minimum atomic E-state index is -2.38. The summed E-state index contributed by atoms with van der Waals surface area (Å²) in [4.78, 5) is 18.1. The second kappa shape index (κ2) is 12.3. The molecule has 9 heavy (non-hydrogen) atoms. The molecular weight excluding hydrogens is 190 g/mol. The third kappa shape index (κ3) is 209. The van der Waals surface area contributed by atoms with Crippen LogP contribution in [0.4, 0.5) is 0 Å². The monoisotopic (exact) mass is 198 g/mol. The molecule has 0 saturated heterocycles. The van der Waals surface area contributed by atoms with Crippen LogP contribution >= 0.6 is 16.1 Å². The predicted molar refractivity (Wildman–Crippen MR) is 35.6 cm³/mol. The van der Waals surface area contributed by atoms with Crippen molar-refractivity contribution in [3.8, 4) is 0 Å². The molecule has 0 heterocycles. The molecule has 0 aromatic heterocycles. The van der Waals surface area contributed by atoms with Crippen molar-refractivity contribution in [1.29, 1.82) is 0 Å². The van der Waals surface area contributed by atoms with E-state index in [4.69, 9.17) is 18.9 Å². The van der Waals surface area contributed by atoms with Crippen LogP contribution < -0.4 is 9.79 Å². The van der Waals surface area contributed by atoms with Crippen molar-refractivity contribution in [3.05, 3.63) is 0 Å². The SMILES string of the molecule is C[PH](=O)[O-].C[PH](=O)[O-].[Ca+2]. The molecule has 0 radical (unpaired) electrons. The van der Waals surface area contributed by atoms with Crippen LogP contribution in [-0.2, 0) is 9.13 Å². The summed E-state index contributed by atoms with van der Waals surface area (Å²) in [7, 11) is -4.76. The average molecular weight is 198 g/mol.